The normalized spacial score (nSPS) is 13.5. The smallest absolute Gasteiger partial charge is 0.0780 e. The first-order valence-electron chi connectivity index (χ1n) is 11.9. The Morgan fingerprint density at radius 1 is 0.714 bits per heavy atom. The van der Waals surface area contributed by atoms with Gasteiger partial charge in [-0.1, -0.05) is 112 Å². The molecule has 0 bridgehead atoms. The first-order valence-corrected chi connectivity index (χ1v) is 12.8. The summed E-state index contributed by atoms with van der Waals surface area (Å²) in [6.07, 6.45) is 5.74. The fraction of sp³-hybridized carbons (Fsp3) is 0.0606. The van der Waals surface area contributed by atoms with Gasteiger partial charge in [0, 0.05) is 31.9 Å². The molecule has 0 atom stereocenters. The quantitative estimate of drug-likeness (QED) is 0.249. The second-order valence-corrected chi connectivity index (χ2v) is 9.23. The highest BCUT2D eigenvalue weighted by Gasteiger charge is 2.21. The molecule has 0 saturated heterocycles. The lowest BCUT2D eigenvalue weighted by molar-refractivity contribution is 1.48. The van der Waals surface area contributed by atoms with Crippen molar-refractivity contribution >= 4 is 43.3 Å². The molecule has 5 aromatic rings. The van der Waals surface area contributed by atoms with Crippen LogP contribution < -0.4 is 0 Å². The molecule has 0 spiro atoms. The van der Waals surface area contributed by atoms with E-state index in [2.05, 4.69) is 109 Å². The molecule has 0 aliphatic heterocycles. The van der Waals surface area contributed by atoms with Crippen LogP contribution in [-0.2, 0) is 0 Å². The maximum absolute atomic E-state index is 4.59. The van der Waals surface area contributed by atoms with E-state index in [4.69, 9.17) is 0 Å². The third-order valence-electron chi connectivity index (χ3n) is 6.23. The number of allylic oxidation sites excluding steroid dienone is 2. The van der Waals surface area contributed by atoms with Crippen LogP contribution in [-0.4, -0.2) is 5.71 Å². The SMILES string of the molecule is C=CN=C1C(=C)C=Cc2cccc(-c3ccccc3-c3ccc4c(c3)sc3ccccc34)c21.CC. The molecule has 0 N–H and O–H groups in total. The Kier molecular flexibility index (Phi) is 6.31. The van der Waals surface area contributed by atoms with Crippen LogP contribution in [0.3, 0.4) is 0 Å². The summed E-state index contributed by atoms with van der Waals surface area (Å²) >= 11 is 1.85. The summed E-state index contributed by atoms with van der Waals surface area (Å²) in [5.74, 6) is 0. The van der Waals surface area contributed by atoms with Gasteiger partial charge in [0.15, 0.2) is 0 Å². The van der Waals surface area contributed by atoms with Crippen LogP contribution in [0.25, 0.3) is 48.5 Å². The molecular formula is C33H27NS. The molecule has 4 aromatic carbocycles. The average Bonchev–Trinajstić information content (AvgIpc) is 3.29. The zero-order valence-electron chi connectivity index (χ0n) is 20.1. The predicted molar refractivity (Wildman–Crippen MR) is 156 cm³/mol. The van der Waals surface area contributed by atoms with E-state index in [1.165, 1.54) is 36.9 Å². The van der Waals surface area contributed by atoms with Gasteiger partial charge >= 0.3 is 0 Å². The van der Waals surface area contributed by atoms with E-state index in [0.717, 1.165) is 28.0 Å². The van der Waals surface area contributed by atoms with Crippen molar-refractivity contribution in [3.63, 3.8) is 0 Å². The fourth-order valence-electron chi connectivity index (χ4n) is 4.73. The predicted octanol–water partition coefficient (Wildman–Crippen LogP) is 9.93. The molecule has 1 aliphatic rings. The Labute approximate surface area is 211 Å². The lowest BCUT2D eigenvalue weighted by Gasteiger charge is -2.21. The molecule has 170 valence electrons. The second-order valence-electron chi connectivity index (χ2n) is 8.14. The van der Waals surface area contributed by atoms with Crippen molar-refractivity contribution in [2.45, 2.75) is 13.8 Å². The monoisotopic (exact) mass is 469 g/mol. The highest BCUT2D eigenvalue weighted by Crippen LogP contribution is 2.41. The van der Waals surface area contributed by atoms with Crippen LogP contribution in [0, 0.1) is 0 Å². The van der Waals surface area contributed by atoms with Crippen molar-refractivity contribution in [1.82, 2.24) is 0 Å². The number of thiophene rings is 1. The van der Waals surface area contributed by atoms with Gasteiger partial charge in [0.05, 0.1) is 5.71 Å². The fourth-order valence-corrected chi connectivity index (χ4v) is 5.87. The minimum absolute atomic E-state index is 0.882. The summed E-state index contributed by atoms with van der Waals surface area (Å²) in [7, 11) is 0. The van der Waals surface area contributed by atoms with Crippen LogP contribution in [0.1, 0.15) is 25.0 Å². The summed E-state index contributed by atoms with van der Waals surface area (Å²) in [5, 5.41) is 2.64. The third kappa shape index (κ3) is 3.96. The van der Waals surface area contributed by atoms with Gasteiger partial charge in [0.1, 0.15) is 0 Å². The molecule has 0 radical (unpaired) electrons. The van der Waals surface area contributed by atoms with Crippen molar-refractivity contribution in [3.05, 3.63) is 127 Å². The average molecular weight is 470 g/mol. The Bertz CT molecular complexity index is 1640. The van der Waals surface area contributed by atoms with E-state index < -0.39 is 0 Å². The first kappa shape index (κ1) is 22.8. The Morgan fingerprint density at radius 2 is 1.43 bits per heavy atom. The van der Waals surface area contributed by atoms with Gasteiger partial charge in [0.25, 0.3) is 0 Å². The minimum atomic E-state index is 0.882. The van der Waals surface area contributed by atoms with Crippen LogP contribution in [0.5, 0.6) is 0 Å². The third-order valence-corrected chi connectivity index (χ3v) is 7.36. The summed E-state index contributed by atoms with van der Waals surface area (Å²) in [4.78, 5) is 4.59. The van der Waals surface area contributed by atoms with Gasteiger partial charge in [-0.25, -0.2) is 0 Å². The van der Waals surface area contributed by atoms with Crippen molar-refractivity contribution in [1.29, 1.82) is 0 Å². The van der Waals surface area contributed by atoms with Gasteiger partial charge in [-0.15, -0.1) is 11.3 Å². The van der Waals surface area contributed by atoms with Crippen LogP contribution in [0.4, 0.5) is 0 Å². The number of hydrogen-bond acceptors (Lipinski definition) is 2. The second kappa shape index (κ2) is 9.69. The maximum atomic E-state index is 4.59. The topological polar surface area (TPSA) is 12.4 Å². The van der Waals surface area contributed by atoms with Gasteiger partial charge in [-0.2, -0.15) is 0 Å². The lowest BCUT2D eigenvalue weighted by Crippen LogP contribution is -2.10. The maximum Gasteiger partial charge on any atom is 0.0780 e. The highest BCUT2D eigenvalue weighted by molar-refractivity contribution is 7.25. The number of fused-ring (bicyclic) bond motifs is 4. The largest absolute Gasteiger partial charge is 0.256 e. The Morgan fingerprint density at radius 3 is 2.26 bits per heavy atom. The van der Waals surface area contributed by atoms with Gasteiger partial charge < -0.3 is 0 Å². The molecule has 35 heavy (non-hydrogen) atoms. The van der Waals surface area contributed by atoms with Crippen molar-refractivity contribution in [2.24, 2.45) is 4.99 Å². The Balaban J connectivity index is 0.00000124. The van der Waals surface area contributed by atoms with E-state index in [0.29, 0.717) is 0 Å². The molecule has 2 heteroatoms. The standard InChI is InChI=1S/C31H21NS.C2H6/c1-3-32-31-20(2)15-16-21-9-8-13-27(30(21)31)24-11-5-4-10-23(24)22-17-18-26-25-12-6-7-14-28(25)33-29(26)19-22;1-2/h3-19H,1-2H2;1-2H3. The Hall–Kier alpha value is -4.01. The minimum Gasteiger partial charge on any atom is -0.256 e. The van der Waals surface area contributed by atoms with Crippen LogP contribution in [0.2, 0.25) is 0 Å². The lowest BCUT2D eigenvalue weighted by atomic mass is 9.84. The van der Waals surface area contributed by atoms with Gasteiger partial charge in [-0.05, 0) is 45.5 Å². The molecule has 0 fully saturated rings. The summed E-state index contributed by atoms with van der Waals surface area (Å²) < 4.78 is 2.63. The van der Waals surface area contributed by atoms with Crippen LogP contribution in [0.15, 0.2) is 121 Å². The summed E-state index contributed by atoms with van der Waals surface area (Å²) in [6, 6.07) is 30.5. The molecule has 1 aliphatic carbocycles. The van der Waals surface area contributed by atoms with E-state index in [1.54, 1.807) is 6.20 Å². The molecule has 1 heterocycles. The highest BCUT2D eigenvalue weighted by atomic mass is 32.1. The van der Waals surface area contributed by atoms with Gasteiger partial charge in [-0.3, -0.25) is 4.99 Å². The van der Waals surface area contributed by atoms with E-state index >= 15 is 0 Å². The first-order chi connectivity index (χ1) is 17.2. The number of nitrogens with zero attached hydrogens (tertiary/aromatic N) is 1. The van der Waals surface area contributed by atoms with E-state index in [1.807, 2.05) is 31.3 Å². The molecule has 6 rings (SSSR count). The van der Waals surface area contributed by atoms with E-state index in [9.17, 15) is 0 Å². The number of rotatable bonds is 3. The zero-order valence-corrected chi connectivity index (χ0v) is 20.9. The van der Waals surface area contributed by atoms with E-state index in [-0.39, 0.29) is 0 Å². The zero-order chi connectivity index (χ0) is 24.4. The molecule has 0 unspecified atom stereocenters. The number of aliphatic imine (C=N–C) groups is 1. The molecular weight excluding hydrogens is 442 g/mol. The molecule has 1 nitrogen and oxygen atoms in total. The molecule has 0 amide bonds. The number of hydrogen-bond donors (Lipinski definition) is 0. The summed E-state index contributed by atoms with van der Waals surface area (Å²) in [6.45, 7) is 12.0. The number of benzene rings is 4. The van der Waals surface area contributed by atoms with Crippen molar-refractivity contribution < 1.29 is 0 Å². The van der Waals surface area contributed by atoms with Crippen molar-refractivity contribution in [2.75, 3.05) is 0 Å². The summed E-state index contributed by atoms with van der Waals surface area (Å²) in [5.41, 5.74) is 8.82. The van der Waals surface area contributed by atoms with Crippen LogP contribution >= 0.6 is 11.3 Å². The molecule has 1 aromatic heterocycles. The van der Waals surface area contributed by atoms with Gasteiger partial charge in [0.2, 0.25) is 0 Å². The van der Waals surface area contributed by atoms with Crippen molar-refractivity contribution in [3.8, 4) is 22.3 Å². The molecule has 0 saturated carbocycles.